The molecule has 0 spiro atoms. The zero-order valence-electron chi connectivity index (χ0n) is 13.0. The topological polar surface area (TPSA) is 20.2 Å². The fourth-order valence-electron chi connectivity index (χ4n) is 2.54. The standard InChI is InChI=1S/C22H18O/c1-17-16-20(13-15-22(17)23)21(19-10-6-3-7-11-19)14-12-18-8-4-2-5-9-18/h2-11,13,15-16,21,23H,1H3. The maximum atomic E-state index is 9.77. The SMILES string of the molecule is Cc1cc(C(C#Cc2ccccc2)c2ccccc2)ccc1O. The summed E-state index contributed by atoms with van der Waals surface area (Å²) in [5.74, 6) is 6.95. The number of aromatic hydroxyl groups is 1. The lowest BCUT2D eigenvalue weighted by molar-refractivity contribution is 0.471. The van der Waals surface area contributed by atoms with Crippen LogP contribution in [0.4, 0.5) is 0 Å². The summed E-state index contributed by atoms with van der Waals surface area (Å²) in [6.45, 7) is 1.91. The van der Waals surface area contributed by atoms with Crippen molar-refractivity contribution < 1.29 is 5.11 Å². The van der Waals surface area contributed by atoms with Crippen LogP contribution in [0.1, 0.15) is 28.2 Å². The quantitative estimate of drug-likeness (QED) is 0.668. The molecule has 1 N–H and O–H groups in total. The number of hydrogen-bond acceptors (Lipinski definition) is 1. The van der Waals surface area contributed by atoms with Crippen LogP contribution >= 0.6 is 0 Å². The van der Waals surface area contributed by atoms with Crippen LogP contribution in [0.5, 0.6) is 5.75 Å². The molecule has 3 aromatic rings. The first kappa shape index (κ1) is 14.9. The Morgan fingerprint density at radius 2 is 1.43 bits per heavy atom. The lowest BCUT2D eigenvalue weighted by Gasteiger charge is -2.13. The van der Waals surface area contributed by atoms with E-state index in [-0.39, 0.29) is 5.92 Å². The van der Waals surface area contributed by atoms with Crippen LogP contribution in [0.15, 0.2) is 78.9 Å². The Hall–Kier alpha value is -2.98. The molecule has 1 heteroatoms. The van der Waals surface area contributed by atoms with Gasteiger partial charge in [-0.15, -0.1) is 0 Å². The van der Waals surface area contributed by atoms with E-state index in [0.29, 0.717) is 5.75 Å². The molecule has 1 unspecified atom stereocenters. The van der Waals surface area contributed by atoms with Gasteiger partial charge in [0.1, 0.15) is 5.75 Å². The van der Waals surface area contributed by atoms with Crippen molar-refractivity contribution in [1.82, 2.24) is 0 Å². The highest BCUT2D eigenvalue weighted by molar-refractivity contribution is 5.47. The Balaban J connectivity index is 2.04. The average molecular weight is 298 g/mol. The molecule has 3 rings (SSSR count). The van der Waals surface area contributed by atoms with Gasteiger partial charge >= 0.3 is 0 Å². The van der Waals surface area contributed by atoms with Gasteiger partial charge in [0.15, 0.2) is 0 Å². The summed E-state index contributed by atoms with van der Waals surface area (Å²) in [5.41, 5.74) is 4.12. The third-order valence-electron chi connectivity index (χ3n) is 3.82. The van der Waals surface area contributed by atoms with E-state index in [1.807, 2.05) is 67.6 Å². The second-order valence-corrected chi connectivity index (χ2v) is 5.52. The highest BCUT2D eigenvalue weighted by Gasteiger charge is 2.12. The molecular formula is C22H18O. The summed E-state index contributed by atoms with van der Waals surface area (Å²) in [6.07, 6.45) is 0. The predicted molar refractivity (Wildman–Crippen MR) is 94.4 cm³/mol. The molecule has 0 fully saturated rings. The fraction of sp³-hybridized carbons (Fsp3) is 0.0909. The van der Waals surface area contributed by atoms with E-state index in [1.54, 1.807) is 6.07 Å². The Labute approximate surface area is 137 Å². The molecule has 3 aromatic carbocycles. The van der Waals surface area contributed by atoms with Crippen LogP contribution in [0.2, 0.25) is 0 Å². The Bertz CT molecular complexity index is 839. The molecule has 0 bridgehead atoms. The lowest BCUT2D eigenvalue weighted by atomic mass is 9.90. The number of benzene rings is 3. The van der Waals surface area contributed by atoms with Gasteiger partial charge in [0, 0.05) is 5.56 Å². The number of phenolic OH excluding ortho intramolecular Hbond substituents is 1. The van der Waals surface area contributed by atoms with Crippen molar-refractivity contribution in [2.75, 3.05) is 0 Å². The third-order valence-corrected chi connectivity index (χ3v) is 3.82. The molecule has 0 amide bonds. The van der Waals surface area contributed by atoms with Gasteiger partial charge in [0.05, 0.1) is 5.92 Å². The fourth-order valence-corrected chi connectivity index (χ4v) is 2.54. The van der Waals surface area contributed by atoms with Crippen molar-refractivity contribution in [2.45, 2.75) is 12.8 Å². The second kappa shape index (κ2) is 6.85. The Kier molecular flexibility index (Phi) is 4.45. The molecule has 1 atom stereocenters. The molecule has 0 aliphatic heterocycles. The molecule has 0 aromatic heterocycles. The second-order valence-electron chi connectivity index (χ2n) is 5.52. The molecule has 0 saturated heterocycles. The first-order valence-corrected chi connectivity index (χ1v) is 7.65. The van der Waals surface area contributed by atoms with Gasteiger partial charge in [0.25, 0.3) is 0 Å². The first-order chi connectivity index (χ1) is 11.2. The van der Waals surface area contributed by atoms with E-state index >= 15 is 0 Å². The zero-order chi connectivity index (χ0) is 16.1. The molecule has 0 aliphatic rings. The summed E-state index contributed by atoms with van der Waals surface area (Å²) in [4.78, 5) is 0. The molecule has 0 saturated carbocycles. The van der Waals surface area contributed by atoms with E-state index in [0.717, 1.165) is 22.3 Å². The summed E-state index contributed by atoms with van der Waals surface area (Å²) >= 11 is 0. The number of aryl methyl sites for hydroxylation is 1. The van der Waals surface area contributed by atoms with Crippen LogP contribution in [-0.2, 0) is 0 Å². The molecule has 0 heterocycles. The lowest BCUT2D eigenvalue weighted by Crippen LogP contribution is -1.99. The molecule has 112 valence electrons. The highest BCUT2D eigenvalue weighted by Crippen LogP contribution is 2.27. The van der Waals surface area contributed by atoms with E-state index in [2.05, 4.69) is 24.0 Å². The van der Waals surface area contributed by atoms with E-state index in [9.17, 15) is 5.11 Å². The highest BCUT2D eigenvalue weighted by atomic mass is 16.3. The minimum atomic E-state index is -0.0179. The van der Waals surface area contributed by atoms with Crippen molar-refractivity contribution >= 4 is 0 Å². The predicted octanol–water partition coefficient (Wildman–Crippen LogP) is 4.88. The van der Waals surface area contributed by atoms with E-state index in [1.165, 1.54) is 0 Å². The van der Waals surface area contributed by atoms with Crippen LogP contribution in [-0.4, -0.2) is 5.11 Å². The van der Waals surface area contributed by atoms with Gasteiger partial charge in [-0.3, -0.25) is 0 Å². The minimum Gasteiger partial charge on any atom is -0.508 e. The monoisotopic (exact) mass is 298 g/mol. The van der Waals surface area contributed by atoms with Crippen LogP contribution < -0.4 is 0 Å². The first-order valence-electron chi connectivity index (χ1n) is 7.65. The summed E-state index contributed by atoms with van der Waals surface area (Å²) in [6, 6.07) is 25.9. The molecule has 0 radical (unpaired) electrons. The molecule has 0 aliphatic carbocycles. The zero-order valence-corrected chi connectivity index (χ0v) is 13.0. The maximum Gasteiger partial charge on any atom is 0.118 e. The molecular weight excluding hydrogens is 280 g/mol. The smallest absolute Gasteiger partial charge is 0.118 e. The Morgan fingerprint density at radius 1 is 0.783 bits per heavy atom. The molecule has 1 nitrogen and oxygen atoms in total. The van der Waals surface area contributed by atoms with Crippen molar-refractivity contribution in [3.8, 4) is 17.6 Å². The largest absolute Gasteiger partial charge is 0.508 e. The van der Waals surface area contributed by atoms with Crippen molar-refractivity contribution in [3.63, 3.8) is 0 Å². The number of rotatable bonds is 2. The summed E-state index contributed by atoms with van der Waals surface area (Å²) in [7, 11) is 0. The van der Waals surface area contributed by atoms with Gasteiger partial charge in [-0.05, 0) is 41.8 Å². The minimum absolute atomic E-state index is 0.0179. The van der Waals surface area contributed by atoms with Crippen LogP contribution in [0.3, 0.4) is 0 Å². The van der Waals surface area contributed by atoms with Gasteiger partial charge in [-0.2, -0.15) is 0 Å². The summed E-state index contributed by atoms with van der Waals surface area (Å²) in [5, 5.41) is 9.77. The normalized spacial score (nSPS) is 11.3. The van der Waals surface area contributed by atoms with Crippen LogP contribution in [0, 0.1) is 18.8 Å². The number of phenols is 1. The van der Waals surface area contributed by atoms with E-state index in [4.69, 9.17) is 0 Å². The van der Waals surface area contributed by atoms with Crippen LogP contribution in [0.25, 0.3) is 0 Å². The van der Waals surface area contributed by atoms with Crippen molar-refractivity contribution in [1.29, 1.82) is 0 Å². The Morgan fingerprint density at radius 3 is 2.09 bits per heavy atom. The maximum absolute atomic E-state index is 9.77. The summed E-state index contributed by atoms with van der Waals surface area (Å²) < 4.78 is 0. The average Bonchev–Trinajstić information content (AvgIpc) is 2.60. The van der Waals surface area contributed by atoms with Gasteiger partial charge < -0.3 is 5.11 Å². The van der Waals surface area contributed by atoms with Gasteiger partial charge in [-0.25, -0.2) is 0 Å². The number of hydrogen-bond donors (Lipinski definition) is 1. The van der Waals surface area contributed by atoms with Crippen molar-refractivity contribution in [2.24, 2.45) is 0 Å². The van der Waals surface area contributed by atoms with E-state index < -0.39 is 0 Å². The molecule has 23 heavy (non-hydrogen) atoms. The third kappa shape index (κ3) is 3.62. The van der Waals surface area contributed by atoms with Gasteiger partial charge in [0.2, 0.25) is 0 Å². The van der Waals surface area contributed by atoms with Crippen molar-refractivity contribution in [3.05, 3.63) is 101 Å². The van der Waals surface area contributed by atoms with Gasteiger partial charge in [-0.1, -0.05) is 72.5 Å².